The fourth-order valence-electron chi connectivity index (χ4n) is 3.08. The van der Waals surface area contributed by atoms with E-state index >= 15 is 0 Å². The standard InChI is InChI=1S/C21H22/c1-16(2)19-13-14-20(15-19)21(17-9-5-3-6-10-17)18-11-7-4-8-12-18/h3-13,15-16,21H,14H2,1-2H3. The predicted octanol–water partition coefficient (Wildman–Crippen LogP) is 5.73. The predicted molar refractivity (Wildman–Crippen MR) is 90.3 cm³/mol. The lowest BCUT2D eigenvalue weighted by Gasteiger charge is -2.20. The molecule has 1 aliphatic carbocycles. The Balaban J connectivity index is 2.01. The van der Waals surface area contributed by atoms with E-state index in [0.29, 0.717) is 11.8 Å². The molecule has 0 atom stereocenters. The van der Waals surface area contributed by atoms with Gasteiger partial charge in [-0.2, -0.15) is 0 Å². The minimum absolute atomic E-state index is 0.375. The quantitative estimate of drug-likeness (QED) is 0.667. The molecule has 1 aliphatic rings. The van der Waals surface area contributed by atoms with Gasteiger partial charge in [0.25, 0.3) is 0 Å². The van der Waals surface area contributed by atoms with E-state index in [9.17, 15) is 0 Å². The van der Waals surface area contributed by atoms with Crippen LogP contribution in [0.1, 0.15) is 37.3 Å². The van der Waals surface area contributed by atoms with Gasteiger partial charge in [0, 0.05) is 5.92 Å². The van der Waals surface area contributed by atoms with Gasteiger partial charge in [-0.05, 0) is 29.0 Å². The van der Waals surface area contributed by atoms with Crippen LogP contribution in [0.15, 0.2) is 84.0 Å². The largest absolute Gasteiger partial charge is 0.0769 e. The van der Waals surface area contributed by atoms with E-state index < -0.39 is 0 Å². The van der Waals surface area contributed by atoms with Gasteiger partial charge in [-0.25, -0.2) is 0 Å². The molecule has 0 aromatic heterocycles. The molecule has 2 aromatic rings. The molecule has 0 nitrogen and oxygen atoms in total. The minimum Gasteiger partial charge on any atom is -0.0769 e. The lowest BCUT2D eigenvalue weighted by atomic mass is 9.84. The van der Waals surface area contributed by atoms with Crippen LogP contribution in [0.4, 0.5) is 0 Å². The summed E-state index contributed by atoms with van der Waals surface area (Å²) in [4.78, 5) is 0. The Morgan fingerprint density at radius 3 is 1.71 bits per heavy atom. The molecule has 0 N–H and O–H groups in total. The molecule has 0 aliphatic heterocycles. The molecular formula is C21H22. The van der Waals surface area contributed by atoms with Gasteiger partial charge < -0.3 is 0 Å². The van der Waals surface area contributed by atoms with Gasteiger partial charge in [-0.3, -0.25) is 0 Å². The molecule has 0 radical (unpaired) electrons. The molecule has 0 bridgehead atoms. The first-order chi connectivity index (χ1) is 10.3. The summed E-state index contributed by atoms with van der Waals surface area (Å²) in [6.45, 7) is 4.54. The normalized spacial score (nSPS) is 14.5. The van der Waals surface area contributed by atoms with Crippen molar-refractivity contribution in [3.05, 3.63) is 95.1 Å². The Bertz CT molecular complexity index is 605. The van der Waals surface area contributed by atoms with E-state index in [4.69, 9.17) is 0 Å². The van der Waals surface area contributed by atoms with Crippen LogP contribution < -0.4 is 0 Å². The second-order valence-corrected chi connectivity index (χ2v) is 6.04. The highest BCUT2D eigenvalue weighted by molar-refractivity contribution is 5.47. The van der Waals surface area contributed by atoms with E-state index in [2.05, 4.69) is 86.7 Å². The van der Waals surface area contributed by atoms with Crippen LogP contribution >= 0.6 is 0 Å². The van der Waals surface area contributed by atoms with E-state index in [0.717, 1.165) is 6.42 Å². The molecule has 106 valence electrons. The molecule has 0 amide bonds. The molecule has 0 heterocycles. The summed E-state index contributed by atoms with van der Waals surface area (Å²) >= 11 is 0. The maximum atomic E-state index is 2.41. The number of allylic oxidation sites excluding steroid dienone is 4. The van der Waals surface area contributed by atoms with E-state index in [1.165, 1.54) is 22.3 Å². The van der Waals surface area contributed by atoms with Crippen molar-refractivity contribution in [3.63, 3.8) is 0 Å². The second-order valence-electron chi connectivity index (χ2n) is 6.04. The summed E-state index contributed by atoms with van der Waals surface area (Å²) in [5, 5.41) is 0. The Hall–Kier alpha value is -2.08. The molecule has 0 fully saturated rings. The third-order valence-corrected chi connectivity index (χ3v) is 4.23. The van der Waals surface area contributed by atoms with Crippen LogP contribution in [0.3, 0.4) is 0 Å². The molecule has 2 aromatic carbocycles. The first-order valence-electron chi connectivity index (χ1n) is 7.76. The zero-order valence-corrected chi connectivity index (χ0v) is 12.8. The topological polar surface area (TPSA) is 0 Å². The van der Waals surface area contributed by atoms with E-state index in [1.54, 1.807) is 0 Å². The fourth-order valence-corrected chi connectivity index (χ4v) is 3.08. The third kappa shape index (κ3) is 3.00. The van der Waals surface area contributed by atoms with Crippen molar-refractivity contribution in [2.24, 2.45) is 5.92 Å². The SMILES string of the molecule is CC(C)C1=CCC(C(c2ccccc2)c2ccccc2)=C1. The van der Waals surface area contributed by atoms with Crippen LogP contribution in [0.5, 0.6) is 0 Å². The molecule has 21 heavy (non-hydrogen) atoms. The molecule has 0 spiro atoms. The molecule has 0 heteroatoms. The van der Waals surface area contributed by atoms with Gasteiger partial charge >= 0.3 is 0 Å². The summed E-state index contributed by atoms with van der Waals surface area (Å²) in [6, 6.07) is 21.7. The lowest BCUT2D eigenvalue weighted by molar-refractivity contribution is 0.792. The summed E-state index contributed by atoms with van der Waals surface area (Å²) in [5.74, 6) is 0.981. The van der Waals surface area contributed by atoms with Gasteiger partial charge in [0.15, 0.2) is 0 Å². The van der Waals surface area contributed by atoms with E-state index in [1.807, 2.05) is 0 Å². The average molecular weight is 274 g/mol. The van der Waals surface area contributed by atoms with Gasteiger partial charge in [-0.15, -0.1) is 0 Å². The van der Waals surface area contributed by atoms with Gasteiger partial charge in [0.05, 0.1) is 0 Å². The Morgan fingerprint density at radius 1 is 0.762 bits per heavy atom. The summed E-state index contributed by atoms with van der Waals surface area (Å²) in [5.41, 5.74) is 5.75. The summed E-state index contributed by atoms with van der Waals surface area (Å²) < 4.78 is 0. The van der Waals surface area contributed by atoms with Crippen molar-refractivity contribution < 1.29 is 0 Å². The lowest BCUT2D eigenvalue weighted by Crippen LogP contribution is -2.03. The highest BCUT2D eigenvalue weighted by atomic mass is 14.3. The van der Waals surface area contributed by atoms with Gasteiger partial charge in [0.1, 0.15) is 0 Å². The number of rotatable bonds is 4. The van der Waals surface area contributed by atoms with Crippen LogP contribution in [0.25, 0.3) is 0 Å². The molecular weight excluding hydrogens is 252 g/mol. The Kier molecular flexibility index (Phi) is 4.06. The average Bonchev–Trinajstić information content (AvgIpc) is 3.00. The van der Waals surface area contributed by atoms with Gasteiger partial charge in [-0.1, -0.05) is 92.2 Å². The van der Waals surface area contributed by atoms with Crippen LogP contribution in [0.2, 0.25) is 0 Å². The maximum Gasteiger partial charge on any atom is 0.0305 e. The number of benzene rings is 2. The Labute approximate surface area is 127 Å². The smallest absolute Gasteiger partial charge is 0.0305 e. The van der Waals surface area contributed by atoms with Crippen molar-refractivity contribution in [3.8, 4) is 0 Å². The zero-order valence-electron chi connectivity index (χ0n) is 12.8. The number of hydrogen-bond donors (Lipinski definition) is 0. The van der Waals surface area contributed by atoms with Crippen LogP contribution in [-0.2, 0) is 0 Å². The third-order valence-electron chi connectivity index (χ3n) is 4.23. The minimum atomic E-state index is 0.375. The summed E-state index contributed by atoms with van der Waals surface area (Å²) in [7, 11) is 0. The monoisotopic (exact) mass is 274 g/mol. The summed E-state index contributed by atoms with van der Waals surface area (Å²) in [6.07, 6.45) is 5.87. The second kappa shape index (κ2) is 6.13. The molecule has 0 saturated heterocycles. The first-order valence-corrected chi connectivity index (χ1v) is 7.76. The fraction of sp³-hybridized carbons (Fsp3) is 0.238. The molecule has 0 unspecified atom stereocenters. The van der Waals surface area contributed by atoms with Crippen LogP contribution in [-0.4, -0.2) is 0 Å². The van der Waals surface area contributed by atoms with Crippen LogP contribution in [0, 0.1) is 5.92 Å². The van der Waals surface area contributed by atoms with Crippen molar-refractivity contribution >= 4 is 0 Å². The molecule has 0 saturated carbocycles. The van der Waals surface area contributed by atoms with Crippen molar-refractivity contribution in [1.82, 2.24) is 0 Å². The van der Waals surface area contributed by atoms with Crippen molar-refractivity contribution in [1.29, 1.82) is 0 Å². The Morgan fingerprint density at radius 2 is 1.29 bits per heavy atom. The van der Waals surface area contributed by atoms with Gasteiger partial charge in [0.2, 0.25) is 0 Å². The molecule has 3 rings (SSSR count). The van der Waals surface area contributed by atoms with E-state index in [-0.39, 0.29) is 0 Å². The van der Waals surface area contributed by atoms with Crippen molar-refractivity contribution in [2.75, 3.05) is 0 Å². The first kappa shape index (κ1) is 13.9. The highest BCUT2D eigenvalue weighted by Crippen LogP contribution is 2.38. The highest BCUT2D eigenvalue weighted by Gasteiger charge is 2.21. The van der Waals surface area contributed by atoms with Crippen molar-refractivity contribution in [2.45, 2.75) is 26.2 Å². The number of hydrogen-bond acceptors (Lipinski definition) is 0. The zero-order chi connectivity index (χ0) is 14.7. The maximum absolute atomic E-state index is 2.41.